The lowest BCUT2D eigenvalue weighted by molar-refractivity contribution is -0.384. The first kappa shape index (κ1) is 15.4. The molecule has 1 N–H and O–H groups in total. The number of nitrogens with zero attached hydrogens (tertiary/aromatic N) is 3. The van der Waals surface area contributed by atoms with E-state index in [0.29, 0.717) is 18.7 Å². The number of aliphatic hydroxyl groups is 1. The Morgan fingerprint density at radius 3 is 2.52 bits per heavy atom. The van der Waals surface area contributed by atoms with E-state index in [1.807, 2.05) is 6.92 Å². The standard InChI is InChI=1S/C14H19N3O4/c1-3-16-8-12(13(18)9-16)15(2)14(19)10-4-6-11(7-5-10)17(20)21/h4-7,12-13,18H,3,8-9H2,1-2H3. The second-order valence-corrected chi connectivity index (χ2v) is 5.21. The van der Waals surface area contributed by atoms with Crippen LogP contribution >= 0.6 is 0 Å². The van der Waals surface area contributed by atoms with Crippen LogP contribution < -0.4 is 0 Å². The summed E-state index contributed by atoms with van der Waals surface area (Å²) in [5, 5.41) is 20.7. The molecule has 2 rings (SSSR count). The highest BCUT2D eigenvalue weighted by Crippen LogP contribution is 2.18. The van der Waals surface area contributed by atoms with Crippen LogP contribution in [0.25, 0.3) is 0 Å². The summed E-state index contributed by atoms with van der Waals surface area (Å²) in [7, 11) is 1.65. The molecule has 2 unspecified atom stereocenters. The Bertz CT molecular complexity index is 532. The van der Waals surface area contributed by atoms with Crippen molar-refractivity contribution in [1.82, 2.24) is 9.80 Å². The number of benzene rings is 1. The Labute approximate surface area is 122 Å². The van der Waals surface area contributed by atoms with Crippen molar-refractivity contribution in [3.63, 3.8) is 0 Å². The second kappa shape index (κ2) is 6.19. The number of amides is 1. The summed E-state index contributed by atoms with van der Waals surface area (Å²) in [5.41, 5.74) is 0.331. The van der Waals surface area contributed by atoms with Crippen LogP contribution in [-0.2, 0) is 0 Å². The second-order valence-electron chi connectivity index (χ2n) is 5.21. The molecular weight excluding hydrogens is 274 g/mol. The van der Waals surface area contributed by atoms with Crippen LogP contribution in [0.15, 0.2) is 24.3 Å². The Hall–Kier alpha value is -1.99. The van der Waals surface area contributed by atoms with Gasteiger partial charge in [-0.25, -0.2) is 0 Å². The molecule has 114 valence electrons. The van der Waals surface area contributed by atoms with Crippen molar-refractivity contribution in [3.8, 4) is 0 Å². The van der Waals surface area contributed by atoms with Crippen molar-refractivity contribution in [1.29, 1.82) is 0 Å². The summed E-state index contributed by atoms with van der Waals surface area (Å²) in [6.07, 6.45) is -0.572. The van der Waals surface area contributed by atoms with Crippen LogP contribution in [0.2, 0.25) is 0 Å². The van der Waals surface area contributed by atoms with Gasteiger partial charge in [-0.2, -0.15) is 0 Å². The van der Waals surface area contributed by atoms with Crippen LogP contribution in [0.1, 0.15) is 17.3 Å². The fourth-order valence-electron chi connectivity index (χ4n) is 2.57. The van der Waals surface area contributed by atoms with Crippen molar-refractivity contribution in [2.45, 2.75) is 19.1 Å². The van der Waals surface area contributed by atoms with E-state index < -0.39 is 11.0 Å². The largest absolute Gasteiger partial charge is 0.390 e. The predicted molar refractivity (Wildman–Crippen MR) is 77.1 cm³/mol. The SMILES string of the molecule is CCN1CC(O)C(N(C)C(=O)c2ccc([N+](=O)[O-])cc2)C1. The first-order valence-corrected chi connectivity index (χ1v) is 6.86. The predicted octanol–water partition coefficient (Wildman–Crippen LogP) is 0.732. The highest BCUT2D eigenvalue weighted by Gasteiger charge is 2.35. The van der Waals surface area contributed by atoms with Gasteiger partial charge in [-0.3, -0.25) is 19.8 Å². The van der Waals surface area contributed by atoms with Gasteiger partial charge >= 0.3 is 0 Å². The van der Waals surface area contributed by atoms with E-state index in [1.165, 1.54) is 29.2 Å². The molecule has 7 nitrogen and oxygen atoms in total. The molecule has 1 amide bonds. The Balaban J connectivity index is 2.10. The molecule has 1 aromatic rings. The van der Waals surface area contributed by atoms with Gasteiger partial charge < -0.3 is 10.0 Å². The molecule has 0 aromatic heterocycles. The number of nitro benzene ring substituents is 1. The maximum absolute atomic E-state index is 12.4. The molecule has 21 heavy (non-hydrogen) atoms. The summed E-state index contributed by atoms with van der Waals surface area (Å²) < 4.78 is 0. The van der Waals surface area contributed by atoms with E-state index >= 15 is 0 Å². The van der Waals surface area contributed by atoms with Gasteiger partial charge in [0.05, 0.1) is 17.1 Å². The molecule has 0 aliphatic carbocycles. The number of non-ortho nitro benzene ring substituents is 1. The first-order chi connectivity index (χ1) is 9.93. The number of hydrogen-bond acceptors (Lipinski definition) is 5. The molecule has 0 bridgehead atoms. The summed E-state index contributed by atoms with van der Waals surface area (Å²) in [6, 6.07) is 5.24. The summed E-state index contributed by atoms with van der Waals surface area (Å²) in [6.45, 7) is 4.02. The lowest BCUT2D eigenvalue weighted by Crippen LogP contribution is -2.44. The fourth-order valence-corrected chi connectivity index (χ4v) is 2.57. The van der Waals surface area contributed by atoms with Gasteiger partial charge in [0, 0.05) is 37.8 Å². The quantitative estimate of drug-likeness (QED) is 0.653. The zero-order valence-corrected chi connectivity index (χ0v) is 12.1. The Morgan fingerprint density at radius 2 is 2.05 bits per heavy atom. The van der Waals surface area contributed by atoms with Gasteiger partial charge in [-0.05, 0) is 18.7 Å². The zero-order valence-electron chi connectivity index (χ0n) is 12.1. The molecular formula is C14H19N3O4. The number of carbonyl (C=O) groups excluding carboxylic acids is 1. The first-order valence-electron chi connectivity index (χ1n) is 6.86. The van der Waals surface area contributed by atoms with Crippen molar-refractivity contribution in [3.05, 3.63) is 39.9 Å². The summed E-state index contributed by atoms with van der Waals surface area (Å²) in [4.78, 5) is 26.1. The number of aliphatic hydroxyl groups excluding tert-OH is 1. The summed E-state index contributed by atoms with van der Waals surface area (Å²) in [5.74, 6) is -0.244. The topological polar surface area (TPSA) is 86.9 Å². The minimum Gasteiger partial charge on any atom is -0.390 e. The lowest BCUT2D eigenvalue weighted by Gasteiger charge is -2.26. The average molecular weight is 293 g/mol. The third-order valence-corrected chi connectivity index (χ3v) is 3.92. The van der Waals surface area contributed by atoms with E-state index in [9.17, 15) is 20.0 Å². The molecule has 0 saturated carbocycles. The van der Waals surface area contributed by atoms with Crippen LogP contribution in [0.3, 0.4) is 0 Å². The molecule has 7 heteroatoms. The normalized spacial score (nSPS) is 22.2. The van der Waals surface area contributed by atoms with Crippen molar-refractivity contribution in [2.75, 3.05) is 26.7 Å². The zero-order chi connectivity index (χ0) is 15.6. The number of rotatable bonds is 4. The minimum atomic E-state index is -0.572. The summed E-state index contributed by atoms with van der Waals surface area (Å²) >= 11 is 0. The van der Waals surface area contributed by atoms with Crippen molar-refractivity contribution >= 4 is 11.6 Å². The van der Waals surface area contributed by atoms with Crippen LogP contribution in [0.5, 0.6) is 0 Å². The molecule has 0 radical (unpaired) electrons. The molecule has 0 spiro atoms. The third kappa shape index (κ3) is 3.20. The van der Waals surface area contributed by atoms with Crippen LogP contribution in [-0.4, -0.2) is 64.6 Å². The van der Waals surface area contributed by atoms with E-state index in [1.54, 1.807) is 7.05 Å². The average Bonchev–Trinajstić information content (AvgIpc) is 2.87. The van der Waals surface area contributed by atoms with Gasteiger partial charge in [0.1, 0.15) is 0 Å². The van der Waals surface area contributed by atoms with E-state index in [-0.39, 0.29) is 17.6 Å². The molecule has 1 aliphatic rings. The molecule has 1 saturated heterocycles. The Kier molecular flexibility index (Phi) is 4.54. The third-order valence-electron chi connectivity index (χ3n) is 3.92. The molecule has 1 heterocycles. The van der Waals surface area contributed by atoms with Gasteiger partial charge in [-0.1, -0.05) is 6.92 Å². The molecule has 2 atom stereocenters. The van der Waals surface area contributed by atoms with Crippen molar-refractivity contribution < 1.29 is 14.8 Å². The number of β-amino-alcohol motifs (C(OH)–C–C–N with tert-alkyl or cyclic N) is 1. The number of nitro groups is 1. The van der Waals surface area contributed by atoms with E-state index in [4.69, 9.17) is 0 Å². The fraction of sp³-hybridized carbons (Fsp3) is 0.500. The maximum atomic E-state index is 12.4. The lowest BCUT2D eigenvalue weighted by atomic mass is 10.1. The van der Waals surface area contributed by atoms with E-state index in [2.05, 4.69) is 4.90 Å². The van der Waals surface area contributed by atoms with E-state index in [0.717, 1.165) is 6.54 Å². The van der Waals surface area contributed by atoms with Crippen molar-refractivity contribution in [2.24, 2.45) is 0 Å². The monoisotopic (exact) mass is 293 g/mol. The van der Waals surface area contributed by atoms with Gasteiger partial charge in [0.25, 0.3) is 11.6 Å². The van der Waals surface area contributed by atoms with Crippen LogP contribution in [0.4, 0.5) is 5.69 Å². The van der Waals surface area contributed by atoms with Gasteiger partial charge in [0.15, 0.2) is 0 Å². The van der Waals surface area contributed by atoms with Gasteiger partial charge in [0.2, 0.25) is 0 Å². The number of carbonyl (C=O) groups is 1. The highest BCUT2D eigenvalue weighted by molar-refractivity contribution is 5.94. The Morgan fingerprint density at radius 1 is 1.43 bits per heavy atom. The van der Waals surface area contributed by atoms with Gasteiger partial charge in [-0.15, -0.1) is 0 Å². The maximum Gasteiger partial charge on any atom is 0.269 e. The number of hydrogen-bond donors (Lipinski definition) is 1. The highest BCUT2D eigenvalue weighted by atomic mass is 16.6. The smallest absolute Gasteiger partial charge is 0.269 e. The molecule has 1 aromatic carbocycles. The molecule has 1 aliphatic heterocycles. The molecule has 1 fully saturated rings. The number of likely N-dealkylation sites (N-methyl/N-ethyl adjacent to an activating group) is 2. The minimum absolute atomic E-state index is 0.0488. The van der Waals surface area contributed by atoms with Crippen LogP contribution in [0, 0.1) is 10.1 Å². The number of likely N-dealkylation sites (tertiary alicyclic amines) is 1.